The number of likely N-dealkylation sites (tertiary alicyclic amines) is 1. The molecular weight excluding hydrogens is 445 g/mol. The fraction of sp³-hybridized carbons (Fsp3) is 0.407. The number of carbonyl (C=O) groups excluding carboxylic acids is 1. The molecule has 0 radical (unpaired) electrons. The molecule has 0 bridgehead atoms. The Hall–Kier alpha value is -3.23. The number of hydrogen-bond acceptors (Lipinski definition) is 4. The van der Waals surface area contributed by atoms with Crippen LogP contribution in [-0.2, 0) is 10.2 Å². The molecule has 0 aliphatic carbocycles. The average Bonchev–Trinajstić information content (AvgIpc) is 3.43. The zero-order chi connectivity index (χ0) is 25.0. The van der Waals surface area contributed by atoms with Gasteiger partial charge in [0.15, 0.2) is 0 Å². The van der Waals surface area contributed by atoms with E-state index in [0.717, 1.165) is 25.3 Å². The highest BCUT2D eigenvalue weighted by molar-refractivity contribution is 5.89. The minimum atomic E-state index is -0.409. The standard InChI is InChI=1S/C27H34FN5O2/c1-27(2,3)24-16-25(33(31-24)23-13-9-8-12-21(23)28)30-26(34)29-22-18-32(14-15-35-4)17-20(22)19-10-6-5-7-11-19/h5-13,16,20,22H,14-15,17-18H2,1-4H3,(H2,29,30,34)/t20-,22+/m1/s1. The molecule has 1 fully saturated rings. The number of halogens is 1. The number of nitrogens with one attached hydrogen (secondary N) is 2. The number of carbonyl (C=O) groups is 1. The van der Waals surface area contributed by atoms with Gasteiger partial charge in [0.1, 0.15) is 17.3 Å². The van der Waals surface area contributed by atoms with Crippen molar-refractivity contribution in [3.63, 3.8) is 0 Å². The largest absolute Gasteiger partial charge is 0.383 e. The van der Waals surface area contributed by atoms with Crippen LogP contribution in [0.3, 0.4) is 0 Å². The third-order valence-electron chi connectivity index (χ3n) is 6.35. The lowest BCUT2D eigenvalue weighted by atomic mass is 9.92. The number of rotatable bonds is 7. The van der Waals surface area contributed by atoms with Crippen LogP contribution in [0.2, 0.25) is 0 Å². The number of aromatic nitrogens is 2. The molecule has 2 aromatic carbocycles. The predicted octanol–water partition coefficient (Wildman–Crippen LogP) is 4.54. The van der Waals surface area contributed by atoms with Gasteiger partial charge in [0.25, 0.3) is 0 Å². The third kappa shape index (κ3) is 5.89. The van der Waals surface area contributed by atoms with Gasteiger partial charge < -0.3 is 10.1 Å². The maximum absolute atomic E-state index is 14.6. The van der Waals surface area contributed by atoms with Crippen LogP contribution < -0.4 is 10.6 Å². The summed E-state index contributed by atoms with van der Waals surface area (Å²) < 4.78 is 21.3. The van der Waals surface area contributed by atoms with Crippen LogP contribution >= 0.6 is 0 Å². The molecule has 1 saturated heterocycles. The second kappa shape index (κ2) is 10.6. The second-order valence-corrected chi connectivity index (χ2v) is 10.0. The van der Waals surface area contributed by atoms with E-state index in [1.807, 2.05) is 39.0 Å². The Kier molecular flexibility index (Phi) is 7.52. The lowest BCUT2D eigenvalue weighted by Crippen LogP contribution is -2.42. The number of benzene rings is 2. The van der Waals surface area contributed by atoms with Gasteiger partial charge in [0.2, 0.25) is 0 Å². The molecule has 186 valence electrons. The fourth-order valence-corrected chi connectivity index (χ4v) is 4.44. The lowest BCUT2D eigenvalue weighted by Gasteiger charge is -2.21. The van der Waals surface area contributed by atoms with Gasteiger partial charge in [-0.15, -0.1) is 0 Å². The molecule has 2 heterocycles. The van der Waals surface area contributed by atoms with E-state index in [1.54, 1.807) is 31.4 Å². The molecule has 3 aromatic rings. The van der Waals surface area contributed by atoms with Crippen molar-refractivity contribution in [3.8, 4) is 5.69 Å². The SMILES string of the molecule is COCCN1C[C@H](NC(=O)Nc2cc(C(C)(C)C)nn2-c2ccccc2F)[C@@H](c2ccccc2)C1. The van der Waals surface area contributed by atoms with Gasteiger partial charge in [-0.2, -0.15) is 5.10 Å². The molecule has 1 aliphatic rings. The average molecular weight is 480 g/mol. The number of para-hydroxylation sites is 1. The first-order valence-corrected chi connectivity index (χ1v) is 12.0. The number of urea groups is 1. The van der Waals surface area contributed by atoms with Crippen LogP contribution in [0.4, 0.5) is 15.0 Å². The van der Waals surface area contributed by atoms with Gasteiger partial charge in [-0.05, 0) is 17.7 Å². The van der Waals surface area contributed by atoms with Crippen LogP contribution in [-0.4, -0.2) is 60.1 Å². The summed E-state index contributed by atoms with van der Waals surface area (Å²) in [6.45, 7) is 9.08. The Morgan fingerprint density at radius 1 is 1.11 bits per heavy atom. The highest BCUT2D eigenvalue weighted by Gasteiger charge is 2.35. The first kappa shape index (κ1) is 24.9. The van der Waals surface area contributed by atoms with Crippen LogP contribution in [0.15, 0.2) is 60.7 Å². The predicted molar refractivity (Wildman–Crippen MR) is 136 cm³/mol. The quantitative estimate of drug-likeness (QED) is 0.522. The number of ether oxygens (including phenoxy) is 1. The van der Waals surface area contributed by atoms with E-state index >= 15 is 0 Å². The molecular formula is C27H34FN5O2. The Morgan fingerprint density at radius 3 is 2.51 bits per heavy atom. The summed E-state index contributed by atoms with van der Waals surface area (Å²) in [5.74, 6) is 0.164. The molecule has 1 aliphatic heterocycles. The molecule has 0 spiro atoms. The van der Waals surface area contributed by atoms with Crippen LogP contribution in [0.5, 0.6) is 0 Å². The Labute approximate surface area is 206 Å². The maximum atomic E-state index is 14.6. The van der Waals surface area contributed by atoms with Crippen molar-refractivity contribution in [2.75, 3.05) is 38.7 Å². The second-order valence-electron chi connectivity index (χ2n) is 10.0. The highest BCUT2D eigenvalue weighted by atomic mass is 19.1. The summed E-state index contributed by atoms with van der Waals surface area (Å²) in [5, 5.41) is 10.7. The first-order valence-electron chi connectivity index (χ1n) is 12.0. The topological polar surface area (TPSA) is 71.4 Å². The van der Waals surface area contributed by atoms with Gasteiger partial charge >= 0.3 is 6.03 Å². The van der Waals surface area contributed by atoms with Crippen molar-refractivity contribution in [1.82, 2.24) is 20.0 Å². The van der Waals surface area contributed by atoms with Crippen molar-refractivity contribution in [1.29, 1.82) is 0 Å². The van der Waals surface area contributed by atoms with Gasteiger partial charge in [0, 0.05) is 44.1 Å². The monoisotopic (exact) mass is 479 g/mol. The Balaban J connectivity index is 1.56. The third-order valence-corrected chi connectivity index (χ3v) is 6.35. The van der Waals surface area contributed by atoms with Crippen molar-refractivity contribution in [3.05, 3.63) is 77.7 Å². The molecule has 8 heteroatoms. The van der Waals surface area contributed by atoms with E-state index < -0.39 is 5.82 Å². The van der Waals surface area contributed by atoms with E-state index in [1.165, 1.54) is 16.3 Å². The number of anilines is 1. The van der Waals surface area contributed by atoms with Crippen molar-refractivity contribution < 1.29 is 13.9 Å². The van der Waals surface area contributed by atoms with Crippen molar-refractivity contribution in [2.45, 2.75) is 38.1 Å². The number of amides is 2. The summed E-state index contributed by atoms with van der Waals surface area (Å²) in [7, 11) is 1.69. The summed E-state index contributed by atoms with van der Waals surface area (Å²) in [6.07, 6.45) is 0. The highest BCUT2D eigenvalue weighted by Crippen LogP contribution is 2.29. The minimum absolute atomic E-state index is 0.0822. The first-order chi connectivity index (χ1) is 16.8. The molecule has 7 nitrogen and oxygen atoms in total. The zero-order valence-corrected chi connectivity index (χ0v) is 20.8. The minimum Gasteiger partial charge on any atom is -0.383 e. The molecule has 0 unspecified atom stereocenters. The van der Waals surface area contributed by atoms with E-state index in [2.05, 4.69) is 32.8 Å². The summed E-state index contributed by atoms with van der Waals surface area (Å²) in [4.78, 5) is 15.5. The molecule has 0 saturated carbocycles. The number of hydrogen-bond donors (Lipinski definition) is 2. The Bertz CT molecular complexity index is 1140. The van der Waals surface area contributed by atoms with Gasteiger partial charge in [0.05, 0.1) is 18.3 Å². The smallest absolute Gasteiger partial charge is 0.320 e. The van der Waals surface area contributed by atoms with Gasteiger partial charge in [-0.3, -0.25) is 10.2 Å². The van der Waals surface area contributed by atoms with E-state index in [9.17, 15) is 9.18 Å². The molecule has 2 amide bonds. The Morgan fingerprint density at radius 2 is 1.83 bits per heavy atom. The lowest BCUT2D eigenvalue weighted by molar-refractivity contribution is 0.159. The fourth-order valence-electron chi connectivity index (χ4n) is 4.44. The maximum Gasteiger partial charge on any atom is 0.320 e. The van der Waals surface area contributed by atoms with Crippen LogP contribution in [0.1, 0.15) is 37.9 Å². The number of nitrogens with zero attached hydrogens (tertiary/aromatic N) is 3. The van der Waals surface area contributed by atoms with Gasteiger partial charge in [-0.1, -0.05) is 63.2 Å². The van der Waals surface area contributed by atoms with E-state index in [4.69, 9.17) is 4.74 Å². The number of methoxy groups -OCH3 is 1. The van der Waals surface area contributed by atoms with Crippen molar-refractivity contribution in [2.24, 2.45) is 0 Å². The van der Waals surface area contributed by atoms with Crippen molar-refractivity contribution >= 4 is 11.8 Å². The molecule has 1 aromatic heterocycles. The summed E-state index contributed by atoms with van der Waals surface area (Å²) in [5.41, 5.74) is 1.95. The molecule has 2 N–H and O–H groups in total. The normalized spacial score (nSPS) is 18.5. The van der Waals surface area contributed by atoms with Crippen LogP contribution in [0, 0.1) is 5.82 Å². The summed E-state index contributed by atoms with van der Waals surface area (Å²) >= 11 is 0. The van der Waals surface area contributed by atoms with E-state index in [-0.39, 0.29) is 29.1 Å². The van der Waals surface area contributed by atoms with E-state index in [0.29, 0.717) is 12.4 Å². The molecule has 2 atom stereocenters. The zero-order valence-electron chi connectivity index (χ0n) is 20.8. The molecule has 4 rings (SSSR count). The van der Waals surface area contributed by atoms with Crippen LogP contribution in [0.25, 0.3) is 5.69 Å². The molecule has 35 heavy (non-hydrogen) atoms. The summed E-state index contributed by atoms with van der Waals surface area (Å²) in [6, 6.07) is 18.0. The van der Waals surface area contributed by atoms with Gasteiger partial charge in [-0.25, -0.2) is 13.9 Å².